The zero-order chi connectivity index (χ0) is 16.4. The zero-order valence-electron chi connectivity index (χ0n) is 13.4. The Balaban J connectivity index is 1.75. The highest BCUT2D eigenvalue weighted by molar-refractivity contribution is 5.97. The lowest BCUT2D eigenvalue weighted by atomic mass is 10.0. The highest BCUT2D eigenvalue weighted by atomic mass is 16.7. The zero-order valence-corrected chi connectivity index (χ0v) is 13.4. The molecule has 5 nitrogen and oxygen atoms in total. The first-order valence-electron chi connectivity index (χ1n) is 7.40. The average Bonchev–Trinajstić information content (AvgIpc) is 2.99. The number of nitrogens with one attached hydrogen (secondary N) is 1. The maximum atomic E-state index is 12.5. The molecule has 1 heterocycles. The molecule has 5 heteroatoms. The van der Waals surface area contributed by atoms with Gasteiger partial charge in [0.05, 0.1) is 12.7 Å². The molecule has 23 heavy (non-hydrogen) atoms. The SMILES string of the molecule is COc1c(C)cc(C)cc1C(=O)NCc1ccc2c(c1)OCO2. The van der Waals surface area contributed by atoms with Gasteiger partial charge in [-0.3, -0.25) is 4.79 Å². The fourth-order valence-electron chi connectivity index (χ4n) is 2.72. The Labute approximate surface area is 135 Å². The van der Waals surface area contributed by atoms with Gasteiger partial charge >= 0.3 is 0 Å². The summed E-state index contributed by atoms with van der Waals surface area (Å²) in [4.78, 5) is 12.5. The van der Waals surface area contributed by atoms with Crippen molar-refractivity contribution in [1.82, 2.24) is 5.32 Å². The van der Waals surface area contributed by atoms with Crippen molar-refractivity contribution in [2.24, 2.45) is 0 Å². The Bertz CT molecular complexity index is 755. The molecule has 120 valence electrons. The summed E-state index contributed by atoms with van der Waals surface area (Å²) < 4.78 is 16.0. The maximum absolute atomic E-state index is 12.5. The number of aryl methyl sites for hydroxylation is 2. The van der Waals surface area contributed by atoms with E-state index in [2.05, 4.69) is 5.32 Å². The first kappa shape index (κ1) is 15.2. The molecule has 0 bridgehead atoms. The Morgan fingerprint density at radius 2 is 1.96 bits per heavy atom. The van der Waals surface area contributed by atoms with Crippen LogP contribution in [0.5, 0.6) is 17.2 Å². The number of carbonyl (C=O) groups is 1. The van der Waals surface area contributed by atoms with Gasteiger partial charge in [0.1, 0.15) is 5.75 Å². The Kier molecular flexibility index (Phi) is 4.10. The fraction of sp³-hybridized carbons (Fsp3) is 0.278. The van der Waals surface area contributed by atoms with Crippen molar-refractivity contribution in [2.75, 3.05) is 13.9 Å². The molecule has 0 aliphatic carbocycles. The summed E-state index contributed by atoms with van der Waals surface area (Å²) in [5.41, 5.74) is 3.47. The molecule has 0 saturated heterocycles. The van der Waals surface area contributed by atoms with E-state index >= 15 is 0 Å². The lowest BCUT2D eigenvalue weighted by Gasteiger charge is -2.13. The van der Waals surface area contributed by atoms with Crippen LogP contribution in [0.4, 0.5) is 0 Å². The van der Waals surface area contributed by atoms with Crippen LogP contribution < -0.4 is 19.5 Å². The van der Waals surface area contributed by atoms with Crippen LogP contribution in [0.25, 0.3) is 0 Å². The van der Waals surface area contributed by atoms with Gasteiger partial charge in [-0.1, -0.05) is 12.1 Å². The van der Waals surface area contributed by atoms with E-state index in [9.17, 15) is 4.79 Å². The van der Waals surface area contributed by atoms with E-state index in [-0.39, 0.29) is 12.7 Å². The molecule has 2 aromatic carbocycles. The van der Waals surface area contributed by atoms with E-state index in [4.69, 9.17) is 14.2 Å². The summed E-state index contributed by atoms with van der Waals surface area (Å²) in [7, 11) is 1.58. The molecule has 0 fully saturated rings. The number of amides is 1. The van der Waals surface area contributed by atoms with Crippen LogP contribution in [-0.4, -0.2) is 19.8 Å². The summed E-state index contributed by atoms with van der Waals surface area (Å²) in [5, 5.41) is 2.92. The van der Waals surface area contributed by atoms with Crippen LogP contribution in [0.15, 0.2) is 30.3 Å². The molecule has 0 unspecified atom stereocenters. The molecular formula is C18H19NO4. The Morgan fingerprint density at radius 3 is 2.74 bits per heavy atom. The fourth-order valence-corrected chi connectivity index (χ4v) is 2.72. The lowest BCUT2D eigenvalue weighted by Crippen LogP contribution is -2.23. The molecule has 0 saturated carbocycles. The van der Waals surface area contributed by atoms with Crippen molar-refractivity contribution in [3.05, 3.63) is 52.6 Å². The number of fused-ring (bicyclic) bond motifs is 1. The Hall–Kier alpha value is -2.69. The molecular weight excluding hydrogens is 294 g/mol. The van der Waals surface area contributed by atoms with Gasteiger partial charge in [0.15, 0.2) is 11.5 Å². The van der Waals surface area contributed by atoms with E-state index in [1.54, 1.807) is 7.11 Å². The quantitative estimate of drug-likeness (QED) is 0.943. The van der Waals surface area contributed by atoms with Gasteiger partial charge in [0, 0.05) is 6.54 Å². The highest BCUT2D eigenvalue weighted by Gasteiger charge is 2.16. The van der Waals surface area contributed by atoms with Crippen molar-refractivity contribution in [3.8, 4) is 17.2 Å². The number of ether oxygens (including phenoxy) is 3. The Morgan fingerprint density at radius 1 is 1.17 bits per heavy atom. The van der Waals surface area contributed by atoms with Crippen molar-refractivity contribution in [2.45, 2.75) is 20.4 Å². The molecule has 1 N–H and O–H groups in total. The van der Waals surface area contributed by atoms with E-state index in [1.807, 2.05) is 44.2 Å². The number of carbonyl (C=O) groups excluding carboxylic acids is 1. The predicted octanol–water partition coefficient (Wildman–Crippen LogP) is 2.97. The summed E-state index contributed by atoms with van der Waals surface area (Å²) in [5.74, 6) is 1.89. The predicted molar refractivity (Wildman–Crippen MR) is 86.2 cm³/mol. The second-order valence-electron chi connectivity index (χ2n) is 5.53. The second-order valence-corrected chi connectivity index (χ2v) is 5.53. The third-order valence-electron chi connectivity index (χ3n) is 3.76. The minimum absolute atomic E-state index is 0.161. The molecule has 1 aliphatic heterocycles. The van der Waals surface area contributed by atoms with Gasteiger partial charge in [0.25, 0.3) is 5.91 Å². The standard InChI is InChI=1S/C18H19NO4/c1-11-6-12(2)17(21-3)14(7-11)18(20)19-9-13-4-5-15-16(8-13)23-10-22-15/h4-8H,9-10H2,1-3H3,(H,19,20). The summed E-state index contributed by atoms with van der Waals surface area (Å²) in [6.07, 6.45) is 0. The van der Waals surface area contributed by atoms with Gasteiger partial charge in [0.2, 0.25) is 6.79 Å². The molecule has 1 aliphatic rings. The minimum Gasteiger partial charge on any atom is -0.496 e. The van der Waals surface area contributed by atoms with Crippen LogP contribution in [0, 0.1) is 13.8 Å². The number of hydrogen-bond donors (Lipinski definition) is 1. The van der Waals surface area contributed by atoms with Gasteiger partial charge in [-0.25, -0.2) is 0 Å². The second kappa shape index (κ2) is 6.20. The third kappa shape index (κ3) is 3.08. The first-order chi connectivity index (χ1) is 11.1. The summed E-state index contributed by atoms with van der Waals surface area (Å²) in [6.45, 7) is 4.54. The normalized spacial score (nSPS) is 12.1. The van der Waals surface area contributed by atoms with E-state index in [0.29, 0.717) is 23.6 Å². The molecule has 0 spiro atoms. The molecule has 1 amide bonds. The highest BCUT2D eigenvalue weighted by Crippen LogP contribution is 2.32. The van der Waals surface area contributed by atoms with Gasteiger partial charge in [-0.05, 0) is 48.7 Å². The average molecular weight is 313 g/mol. The van der Waals surface area contributed by atoms with Crippen molar-refractivity contribution in [1.29, 1.82) is 0 Å². The van der Waals surface area contributed by atoms with Gasteiger partial charge in [-0.2, -0.15) is 0 Å². The smallest absolute Gasteiger partial charge is 0.255 e. The minimum atomic E-state index is -0.161. The van der Waals surface area contributed by atoms with Gasteiger partial charge < -0.3 is 19.5 Å². The number of rotatable bonds is 4. The number of hydrogen-bond acceptors (Lipinski definition) is 4. The summed E-state index contributed by atoms with van der Waals surface area (Å²) in [6, 6.07) is 9.46. The molecule has 3 rings (SSSR count). The van der Waals surface area contributed by atoms with Crippen molar-refractivity contribution >= 4 is 5.91 Å². The molecule has 2 aromatic rings. The van der Waals surface area contributed by atoms with Crippen LogP contribution in [0.1, 0.15) is 27.0 Å². The third-order valence-corrected chi connectivity index (χ3v) is 3.76. The molecule has 0 atom stereocenters. The maximum Gasteiger partial charge on any atom is 0.255 e. The van der Waals surface area contributed by atoms with Crippen LogP contribution in [0.2, 0.25) is 0 Å². The largest absolute Gasteiger partial charge is 0.496 e. The summed E-state index contributed by atoms with van der Waals surface area (Å²) >= 11 is 0. The van der Waals surface area contributed by atoms with Crippen molar-refractivity contribution < 1.29 is 19.0 Å². The van der Waals surface area contributed by atoms with Crippen LogP contribution in [-0.2, 0) is 6.54 Å². The van der Waals surface area contributed by atoms with E-state index in [0.717, 1.165) is 22.4 Å². The molecule has 0 radical (unpaired) electrons. The van der Waals surface area contributed by atoms with Crippen molar-refractivity contribution in [3.63, 3.8) is 0 Å². The first-order valence-corrected chi connectivity index (χ1v) is 7.40. The molecule has 0 aromatic heterocycles. The lowest BCUT2D eigenvalue weighted by molar-refractivity contribution is 0.0947. The monoisotopic (exact) mass is 313 g/mol. The van der Waals surface area contributed by atoms with E-state index in [1.165, 1.54) is 0 Å². The van der Waals surface area contributed by atoms with Crippen LogP contribution in [0.3, 0.4) is 0 Å². The van der Waals surface area contributed by atoms with Gasteiger partial charge in [-0.15, -0.1) is 0 Å². The number of benzene rings is 2. The van der Waals surface area contributed by atoms with Crippen LogP contribution >= 0.6 is 0 Å². The number of methoxy groups -OCH3 is 1. The van der Waals surface area contributed by atoms with E-state index < -0.39 is 0 Å². The topological polar surface area (TPSA) is 56.8 Å².